The molecule has 0 bridgehead atoms. The molecule has 38 heavy (non-hydrogen) atoms. The summed E-state index contributed by atoms with van der Waals surface area (Å²) in [6, 6.07) is -0.157. The lowest BCUT2D eigenvalue weighted by Gasteiger charge is -2.51. The number of hydrogen-bond donors (Lipinski definition) is 5. The van der Waals surface area contributed by atoms with Gasteiger partial charge in [-0.1, -0.05) is 27.2 Å². The number of fused-ring (bicyclic) bond motifs is 4. The summed E-state index contributed by atoms with van der Waals surface area (Å²) in [5.74, 6) is -0.450. The average molecular weight is 532 g/mol. The average Bonchev–Trinajstić information content (AvgIpc) is 3.73. The van der Waals surface area contributed by atoms with Crippen molar-refractivity contribution in [3.8, 4) is 0 Å². The van der Waals surface area contributed by atoms with Crippen molar-refractivity contribution >= 4 is 11.9 Å². The van der Waals surface area contributed by atoms with Crippen LogP contribution in [0, 0.1) is 27.6 Å². The van der Waals surface area contributed by atoms with Gasteiger partial charge in [0.05, 0.1) is 6.10 Å². The van der Waals surface area contributed by atoms with Gasteiger partial charge in [-0.15, -0.1) is 0 Å². The summed E-state index contributed by atoms with van der Waals surface area (Å²) in [5.41, 5.74) is 6.88. The molecule has 0 aromatic carbocycles. The number of carboxylic acids is 1. The van der Waals surface area contributed by atoms with E-state index in [1.807, 2.05) is 0 Å². The van der Waals surface area contributed by atoms with Crippen LogP contribution >= 0.6 is 0 Å². The molecule has 216 valence electrons. The van der Waals surface area contributed by atoms with Gasteiger partial charge in [0.2, 0.25) is 5.91 Å². The van der Waals surface area contributed by atoms with Crippen molar-refractivity contribution in [3.05, 3.63) is 0 Å². The highest BCUT2D eigenvalue weighted by Crippen LogP contribution is 2.82. The van der Waals surface area contributed by atoms with Gasteiger partial charge in [-0.3, -0.25) is 4.79 Å². The third-order valence-corrected chi connectivity index (χ3v) is 12.9. The Kier molecular flexibility index (Phi) is 7.48. The molecule has 0 aromatic heterocycles. The standard InChI is InChI=1S/C31H53N3O4/c1-27(2,14-11-25(36)33-23(26(37)38)7-4-5-18-32)30-13-6-12-29(30,20-30)16-17-31-24(34-31)9-8-21-19-22(35)10-15-28(21,31)3/h21-24,34-35H,4-20,32H2,1-3H3,(H,33,36)(H,37,38). The predicted octanol–water partition coefficient (Wildman–Crippen LogP) is 4.50. The molecule has 5 fully saturated rings. The SMILES string of the molecule is CC(C)(CCC(=O)NC(CCCCN)C(=O)O)C12CCCC1(CCC13NC1CCC1CC(O)CCC13C)C2. The van der Waals surface area contributed by atoms with Crippen molar-refractivity contribution in [2.75, 3.05) is 6.54 Å². The van der Waals surface area contributed by atoms with E-state index in [4.69, 9.17) is 5.73 Å². The molecule has 8 atom stereocenters. The Hall–Kier alpha value is -1.18. The zero-order valence-electron chi connectivity index (χ0n) is 24.1. The molecular formula is C31H53N3O4. The van der Waals surface area contributed by atoms with Gasteiger partial charge in [-0.25, -0.2) is 4.79 Å². The number of rotatable bonds is 13. The van der Waals surface area contributed by atoms with Crippen molar-refractivity contribution in [1.29, 1.82) is 0 Å². The quantitative estimate of drug-likeness (QED) is 0.175. The molecule has 6 N–H and O–H groups in total. The Balaban J connectivity index is 1.19. The van der Waals surface area contributed by atoms with Gasteiger partial charge in [0, 0.05) is 18.0 Å². The number of carboxylic acid groups (broad SMARTS) is 1. The Labute approximate surface area is 229 Å². The summed E-state index contributed by atoms with van der Waals surface area (Å²) in [6.45, 7) is 7.78. The maximum atomic E-state index is 12.8. The Bertz CT molecular complexity index is 925. The largest absolute Gasteiger partial charge is 0.480 e. The molecule has 1 aliphatic heterocycles. The van der Waals surface area contributed by atoms with Crippen LogP contribution < -0.4 is 16.4 Å². The molecule has 7 nitrogen and oxygen atoms in total. The first-order valence-corrected chi connectivity index (χ1v) is 15.6. The van der Waals surface area contributed by atoms with E-state index in [2.05, 4.69) is 31.4 Å². The summed E-state index contributed by atoms with van der Waals surface area (Å²) in [7, 11) is 0. The van der Waals surface area contributed by atoms with E-state index in [1.54, 1.807) is 0 Å². The monoisotopic (exact) mass is 531 g/mol. The van der Waals surface area contributed by atoms with E-state index < -0.39 is 12.0 Å². The molecule has 1 saturated heterocycles. The van der Waals surface area contributed by atoms with Crippen molar-refractivity contribution in [2.24, 2.45) is 33.3 Å². The van der Waals surface area contributed by atoms with E-state index in [0.29, 0.717) is 54.0 Å². The predicted molar refractivity (Wildman–Crippen MR) is 148 cm³/mol. The maximum absolute atomic E-state index is 12.8. The Morgan fingerprint density at radius 3 is 2.66 bits per heavy atom. The van der Waals surface area contributed by atoms with Crippen LogP contribution in [0.1, 0.15) is 124 Å². The number of hydrogen-bond acceptors (Lipinski definition) is 5. The lowest BCUT2D eigenvalue weighted by Crippen LogP contribution is -2.51. The molecule has 0 spiro atoms. The zero-order valence-corrected chi connectivity index (χ0v) is 24.1. The third-order valence-electron chi connectivity index (χ3n) is 12.9. The molecule has 4 saturated carbocycles. The summed E-state index contributed by atoms with van der Waals surface area (Å²) in [5, 5.41) is 26.7. The molecular weight excluding hydrogens is 478 g/mol. The maximum Gasteiger partial charge on any atom is 0.326 e. The van der Waals surface area contributed by atoms with E-state index in [-0.39, 0.29) is 23.0 Å². The van der Waals surface area contributed by atoms with Crippen molar-refractivity contribution in [3.63, 3.8) is 0 Å². The van der Waals surface area contributed by atoms with Crippen LogP contribution in [0.3, 0.4) is 0 Å². The van der Waals surface area contributed by atoms with Gasteiger partial charge in [0.25, 0.3) is 0 Å². The topological polar surface area (TPSA) is 135 Å². The summed E-state index contributed by atoms with van der Waals surface area (Å²) in [4.78, 5) is 24.4. The van der Waals surface area contributed by atoms with Crippen LogP contribution in [-0.4, -0.2) is 52.4 Å². The fourth-order valence-corrected chi connectivity index (χ4v) is 10.3. The highest BCUT2D eigenvalue weighted by molar-refractivity contribution is 5.83. The smallest absolute Gasteiger partial charge is 0.326 e. The number of carbonyl (C=O) groups is 2. The molecule has 7 heteroatoms. The number of carbonyl (C=O) groups excluding carboxylic acids is 1. The first-order chi connectivity index (χ1) is 17.9. The second kappa shape index (κ2) is 10.0. The fraction of sp³-hybridized carbons (Fsp3) is 0.935. The molecule has 5 aliphatic rings. The lowest BCUT2D eigenvalue weighted by molar-refractivity contribution is -0.142. The highest BCUT2D eigenvalue weighted by atomic mass is 16.4. The summed E-state index contributed by atoms with van der Waals surface area (Å²) < 4.78 is 0. The lowest BCUT2D eigenvalue weighted by atomic mass is 9.53. The van der Waals surface area contributed by atoms with Crippen molar-refractivity contribution in [1.82, 2.24) is 10.6 Å². The number of nitrogens with one attached hydrogen (secondary N) is 2. The number of amides is 1. The number of aliphatic carboxylic acids is 1. The molecule has 1 heterocycles. The van der Waals surface area contributed by atoms with Gasteiger partial charge < -0.3 is 26.6 Å². The normalized spacial score (nSPS) is 42.0. The first-order valence-electron chi connectivity index (χ1n) is 15.6. The van der Waals surface area contributed by atoms with Crippen LogP contribution in [0.25, 0.3) is 0 Å². The van der Waals surface area contributed by atoms with E-state index >= 15 is 0 Å². The number of aliphatic hydroxyl groups is 1. The van der Waals surface area contributed by atoms with Crippen molar-refractivity contribution < 1.29 is 19.8 Å². The minimum absolute atomic E-state index is 0.0567. The molecule has 0 radical (unpaired) electrons. The van der Waals surface area contributed by atoms with Gasteiger partial charge in [-0.2, -0.15) is 0 Å². The number of nitrogens with two attached hydrogens (primary N) is 1. The minimum atomic E-state index is -0.956. The van der Waals surface area contributed by atoms with Gasteiger partial charge in [-0.05, 0) is 124 Å². The second-order valence-electron chi connectivity index (χ2n) is 14.8. The van der Waals surface area contributed by atoms with Crippen LogP contribution in [0.2, 0.25) is 0 Å². The molecule has 5 rings (SSSR count). The van der Waals surface area contributed by atoms with Gasteiger partial charge in [0.1, 0.15) is 6.04 Å². The van der Waals surface area contributed by atoms with Crippen molar-refractivity contribution in [2.45, 2.75) is 147 Å². The number of unbranched alkanes of at least 4 members (excludes halogenated alkanes) is 1. The molecule has 1 amide bonds. The zero-order chi connectivity index (χ0) is 27.4. The van der Waals surface area contributed by atoms with Crippen LogP contribution in [0.5, 0.6) is 0 Å². The van der Waals surface area contributed by atoms with Gasteiger partial charge >= 0.3 is 5.97 Å². The molecule has 8 unspecified atom stereocenters. The summed E-state index contributed by atoms with van der Waals surface area (Å²) >= 11 is 0. The second-order valence-corrected chi connectivity index (χ2v) is 14.8. The van der Waals surface area contributed by atoms with E-state index in [0.717, 1.165) is 32.1 Å². The van der Waals surface area contributed by atoms with Crippen LogP contribution in [0.4, 0.5) is 0 Å². The van der Waals surface area contributed by atoms with Gasteiger partial charge in [0.15, 0.2) is 0 Å². The number of aliphatic hydroxyl groups excluding tert-OH is 1. The summed E-state index contributed by atoms with van der Waals surface area (Å²) in [6.07, 6.45) is 16.3. The first kappa shape index (κ1) is 28.4. The fourth-order valence-electron chi connectivity index (χ4n) is 10.3. The van der Waals surface area contributed by atoms with E-state index in [1.165, 1.54) is 51.4 Å². The Morgan fingerprint density at radius 2 is 1.92 bits per heavy atom. The highest BCUT2D eigenvalue weighted by Gasteiger charge is 2.75. The van der Waals surface area contributed by atoms with Crippen LogP contribution in [0.15, 0.2) is 0 Å². The third kappa shape index (κ3) is 4.52. The Morgan fingerprint density at radius 1 is 1.13 bits per heavy atom. The van der Waals surface area contributed by atoms with E-state index in [9.17, 15) is 19.8 Å². The molecule has 4 aliphatic carbocycles. The molecule has 0 aromatic rings. The minimum Gasteiger partial charge on any atom is -0.480 e. The van der Waals surface area contributed by atoms with Crippen LogP contribution in [-0.2, 0) is 9.59 Å².